The van der Waals surface area contributed by atoms with Gasteiger partial charge in [0.25, 0.3) is 0 Å². The van der Waals surface area contributed by atoms with Crippen molar-refractivity contribution in [1.29, 1.82) is 0 Å². The summed E-state index contributed by atoms with van der Waals surface area (Å²) in [6, 6.07) is 2.18. The first-order chi connectivity index (χ1) is 14.7. The summed E-state index contributed by atoms with van der Waals surface area (Å²) in [7, 11) is 0. The van der Waals surface area contributed by atoms with Gasteiger partial charge in [-0.2, -0.15) is 9.97 Å². The number of piperidine rings is 1. The molecule has 2 atom stereocenters. The summed E-state index contributed by atoms with van der Waals surface area (Å²) >= 11 is 5.53. The van der Waals surface area contributed by atoms with Gasteiger partial charge < -0.3 is 25.2 Å². The first-order valence-electron chi connectivity index (χ1n) is 11.7. The number of hydrogen-bond donors (Lipinski definition) is 2. The zero-order chi connectivity index (χ0) is 20.8. The number of nitrogens with zero attached hydrogens (tertiary/aromatic N) is 4. The van der Waals surface area contributed by atoms with Crippen LogP contribution in [0.25, 0.3) is 0 Å². The van der Waals surface area contributed by atoms with E-state index in [-0.39, 0.29) is 6.10 Å². The second-order valence-electron chi connectivity index (χ2n) is 8.97. The van der Waals surface area contributed by atoms with Gasteiger partial charge in [0.2, 0.25) is 5.95 Å². The van der Waals surface area contributed by atoms with Gasteiger partial charge in [-0.15, -0.1) is 0 Å². The summed E-state index contributed by atoms with van der Waals surface area (Å²) in [6.45, 7) is 8.15. The number of hydrogen-bond acceptors (Lipinski definition) is 6. The third-order valence-electron chi connectivity index (χ3n) is 6.35. The largest absolute Gasteiger partial charge is 0.376 e. The molecule has 3 aliphatic heterocycles. The zero-order valence-corrected chi connectivity index (χ0v) is 19.1. The van der Waals surface area contributed by atoms with Gasteiger partial charge in [-0.05, 0) is 56.7 Å². The first kappa shape index (κ1) is 21.6. The fourth-order valence-corrected chi connectivity index (χ4v) is 4.83. The van der Waals surface area contributed by atoms with Crippen molar-refractivity contribution in [2.75, 3.05) is 54.4 Å². The lowest BCUT2D eigenvalue weighted by Gasteiger charge is -2.33. The van der Waals surface area contributed by atoms with E-state index < -0.39 is 0 Å². The molecule has 166 valence electrons. The number of thiocarbonyl (C=S) groups is 1. The van der Waals surface area contributed by atoms with Gasteiger partial charge in [-0.25, -0.2) is 0 Å². The lowest BCUT2D eigenvalue weighted by molar-refractivity contribution is 0.114. The van der Waals surface area contributed by atoms with E-state index in [0.717, 1.165) is 63.8 Å². The highest BCUT2D eigenvalue weighted by Crippen LogP contribution is 2.27. The number of nitrogens with one attached hydrogen (secondary N) is 2. The van der Waals surface area contributed by atoms with Crippen molar-refractivity contribution in [2.24, 2.45) is 5.92 Å². The normalized spacial score (nSPS) is 25.1. The van der Waals surface area contributed by atoms with Crippen molar-refractivity contribution in [2.45, 2.75) is 64.4 Å². The minimum Gasteiger partial charge on any atom is -0.376 e. The molecule has 30 heavy (non-hydrogen) atoms. The quantitative estimate of drug-likeness (QED) is 0.685. The Morgan fingerprint density at radius 3 is 2.47 bits per heavy atom. The van der Waals surface area contributed by atoms with E-state index in [1.165, 1.54) is 38.5 Å². The van der Waals surface area contributed by atoms with Gasteiger partial charge in [0.1, 0.15) is 11.6 Å². The lowest BCUT2D eigenvalue weighted by atomic mass is 10.0. The Balaban J connectivity index is 1.49. The van der Waals surface area contributed by atoms with Crippen LogP contribution >= 0.6 is 12.2 Å². The summed E-state index contributed by atoms with van der Waals surface area (Å²) in [4.78, 5) is 14.5. The Bertz CT molecular complexity index is 683. The molecule has 0 spiro atoms. The Hall–Kier alpha value is -1.67. The van der Waals surface area contributed by atoms with Gasteiger partial charge in [0, 0.05) is 45.4 Å². The van der Waals surface area contributed by atoms with Crippen molar-refractivity contribution in [1.82, 2.24) is 15.3 Å². The van der Waals surface area contributed by atoms with Gasteiger partial charge in [-0.1, -0.05) is 19.8 Å². The predicted molar refractivity (Wildman–Crippen MR) is 127 cm³/mol. The summed E-state index contributed by atoms with van der Waals surface area (Å²) in [6.07, 6.45) is 10.0. The Labute approximate surface area is 186 Å². The molecule has 4 heterocycles. The number of rotatable bonds is 5. The molecule has 3 aliphatic rings. The summed E-state index contributed by atoms with van der Waals surface area (Å²) in [5.41, 5.74) is 0. The maximum Gasteiger partial charge on any atom is 0.232 e. The van der Waals surface area contributed by atoms with Gasteiger partial charge in [0.15, 0.2) is 5.11 Å². The van der Waals surface area contributed by atoms with Gasteiger partial charge in [-0.3, -0.25) is 0 Å². The second kappa shape index (κ2) is 10.6. The SMILES string of the molecule is C[C@@H]1CCCN(c2cc(N3CCCCCC3)nc(NC(=S)NC[C@@H]3CCCO3)n2)C1. The van der Waals surface area contributed by atoms with E-state index in [0.29, 0.717) is 17.0 Å². The topological polar surface area (TPSA) is 65.5 Å². The number of anilines is 3. The van der Waals surface area contributed by atoms with Crippen LogP contribution in [0.2, 0.25) is 0 Å². The molecule has 0 amide bonds. The summed E-state index contributed by atoms with van der Waals surface area (Å²) in [5, 5.41) is 7.08. The van der Waals surface area contributed by atoms with Crippen molar-refractivity contribution in [3.8, 4) is 0 Å². The van der Waals surface area contributed by atoms with E-state index in [2.05, 4.69) is 33.4 Å². The molecule has 8 heteroatoms. The van der Waals surface area contributed by atoms with Crippen LogP contribution in [0.3, 0.4) is 0 Å². The molecule has 0 aliphatic carbocycles. The van der Waals surface area contributed by atoms with Crippen LogP contribution in [0.4, 0.5) is 17.6 Å². The van der Waals surface area contributed by atoms with Crippen molar-refractivity contribution in [3.05, 3.63) is 6.07 Å². The number of ether oxygens (including phenoxy) is 1. The molecule has 7 nitrogen and oxygen atoms in total. The minimum absolute atomic E-state index is 0.250. The summed E-state index contributed by atoms with van der Waals surface area (Å²) in [5.74, 6) is 3.32. The fraction of sp³-hybridized carbons (Fsp3) is 0.773. The molecule has 0 bridgehead atoms. The Kier molecular flexibility index (Phi) is 7.60. The maximum atomic E-state index is 5.68. The van der Waals surface area contributed by atoms with Crippen LogP contribution in [0.1, 0.15) is 58.3 Å². The molecule has 2 N–H and O–H groups in total. The Morgan fingerprint density at radius 2 is 1.77 bits per heavy atom. The maximum absolute atomic E-state index is 5.68. The lowest BCUT2D eigenvalue weighted by Crippen LogP contribution is -2.37. The average molecular weight is 433 g/mol. The van der Waals surface area contributed by atoms with E-state index in [1.807, 2.05) is 0 Å². The van der Waals surface area contributed by atoms with Crippen LogP contribution in [0, 0.1) is 5.92 Å². The van der Waals surface area contributed by atoms with Gasteiger partial charge >= 0.3 is 0 Å². The molecule has 4 rings (SSSR count). The van der Waals surface area contributed by atoms with E-state index >= 15 is 0 Å². The van der Waals surface area contributed by atoms with Crippen LogP contribution in [-0.4, -0.2) is 60.5 Å². The molecular formula is C22H36N6OS. The van der Waals surface area contributed by atoms with Crippen molar-refractivity contribution in [3.63, 3.8) is 0 Å². The molecule has 0 unspecified atom stereocenters. The highest BCUT2D eigenvalue weighted by Gasteiger charge is 2.21. The van der Waals surface area contributed by atoms with Crippen LogP contribution in [0.5, 0.6) is 0 Å². The van der Waals surface area contributed by atoms with E-state index in [9.17, 15) is 0 Å². The third-order valence-corrected chi connectivity index (χ3v) is 6.60. The van der Waals surface area contributed by atoms with Crippen LogP contribution in [0.15, 0.2) is 6.07 Å². The molecule has 1 aromatic heterocycles. The third kappa shape index (κ3) is 5.94. The standard InChI is InChI=1S/C22H36N6OS/c1-17-8-6-12-28(16-17)20-14-19(27-10-4-2-3-5-11-27)24-21(25-20)26-22(30)23-15-18-9-7-13-29-18/h14,17-18H,2-13,15-16H2,1H3,(H2,23,24,25,26,30)/t17-,18+/m1/s1. The number of aromatic nitrogens is 2. The fourth-order valence-electron chi connectivity index (χ4n) is 4.66. The van der Waals surface area contributed by atoms with Crippen molar-refractivity contribution < 1.29 is 4.74 Å². The minimum atomic E-state index is 0.250. The highest BCUT2D eigenvalue weighted by molar-refractivity contribution is 7.80. The molecule has 0 saturated carbocycles. The highest BCUT2D eigenvalue weighted by atomic mass is 32.1. The second-order valence-corrected chi connectivity index (χ2v) is 9.38. The van der Waals surface area contributed by atoms with Gasteiger partial charge in [0.05, 0.1) is 6.10 Å². The van der Waals surface area contributed by atoms with Crippen LogP contribution in [-0.2, 0) is 4.74 Å². The molecule has 3 saturated heterocycles. The van der Waals surface area contributed by atoms with E-state index in [4.69, 9.17) is 26.9 Å². The van der Waals surface area contributed by atoms with Crippen molar-refractivity contribution >= 4 is 34.9 Å². The molecule has 3 fully saturated rings. The summed E-state index contributed by atoms with van der Waals surface area (Å²) < 4.78 is 5.68. The molecule has 1 aromatic rings. The molecule has 0 aromatic carbocycles. The smallest absolute Gasteiger partial charge is 0.232 e. The van der Waals surface area contributed by atoms with E-state index in [1.54, 1.807) is 0 Å². The zero-order valence-electron chi connectivity index (χ0n) is 18.2. The molecular weight excluding hydrogens is 396 g/mol. The monoisotopic (exact) mass is 432 g/mol. The Morgan fingerprint density at radius 1 is 1.03 bits per heavy atom. The average Bonchev–Trinajstić information content (AvgIpc) is 3.12. The predicted octanol–water partition coefficient (Wildman–Crippen LogP) is 3.56. The molecule has 0 radical (unpaired) electrons. The first-order valence-corrected chi connectivity index (χ1v) is 12.1. The van der Waals surface area contributed by atoms with Crippen LogP contribution < -0.4 is 20.4 Å².